The van der Waals surface area contributed by atoms with E-state index in [0.29, 0.717) is 16.9 Å². The molecule has 0 spiro atoms. The molecule has 0 saturated heterocycles. The van der Waals surface area contributed by atoms with Crippen LogP contribution in [0.25, 0.3) is 17.1 Å². The fourth-order valence-corrected chi connectivity index (χ4v) is 3.50. The van der Waals surface area contributed by atoms with Crippen molar-refractivity contribution in [1.29, 1.82) is 0 Å². The highest BCUT2D eigenvalue weighted by Gasteiger charge is 2.26. The molecule has 0 fully saturated rings. The summed E-state index contributed by atoms with van der Waals surface area (Å²) in [6.07, 6.45) is -1.17. The van der Waals surface area contributed by atoms with Crippen molar-refractivity contribution in [2.45, 2.75) is 26.9 Å². The van der Waals surface area contributed by atoms with Gasteiger partial charge in [-0.2, -0.15) is 0 Å². The Bertz CT molecular complexity index is 1400. The molecular formula is C25H24N4O5. The van der Waals surface area contributed by atoms with Crippen LogP contribution < -0.4 is 10.9 Å². The Hall–Kier alpha value is -4.40. The van der Waals surface area contributed by atoms with E-state index in [1.807, 2.05) is 36.4 Å². The lowest BCUT2D eigenvalue weighted by molar-refractivity contribution is -0.123. The smallest absolute Gasteiger partial charge is 0.361 e. The molecule has 174 valence electrons. The lowest BCUT2D eigenvalue weighted by Gasteiger charge is -2.12. The molecule has 34 heavy (non-hydrogen) atoms. The number of para-hydroxylation sites is 1. The highest BCUT2D eigenvalue weighted by Crippen LogP contribution is 2.22. The molecule has 0 unspecified atom stereocenters. The van der Waals surface area contributed by atoms with Gasteiger partial charge in [-0.25, -0.2) is 14.5 Å². The zero-order valence-corrected chi connectivity index (χ0v) is 19.2. The highest BCUT2D eigenvalue weighted by atomic mass is 16.5. The summed E-state index contributed by atoms with van der Waals surface area (Å²) in [5.74, 6) is -0.869. The van der Waals surface area contributed by atoms with Crippen molar-refractivity contribution in [3.8, 4) is 17.1 Å². The quantitative estimate of drug-likeness (QED) is 0.440. The third kappa shape index (κ3) is 4.27. The zero-order valence-electron chi connectivity index (χ0n) is 19.2. The van der Waals surface area contributed by atoms with E-state index in [0.717, 1.165) is 0 Å². The third-order valence-corrected chi connectivity index (χ3v) is 5.47. The molecule has 2 aromatic carbocycles. The molecule has 0 saturated carbocycles. The Morgan fingerprint density at radius 2 is 1.65 bits per heavy atom. The normalized spacial score (nSPS) is 11.8. The summed E-state index contributed by atoms with van der Waals surface area (Å²) in [5.41, 5.74) is 1.64. The van der Waals surface area contributed by atoms with Crippen molar-refractivity contribution >= 4 is 17.6 Å². The summed E-state index contributed by atoms with van der Waals surface area (Å²) in [6.45, 7) is 4.74. The van der Waals surface area contributed by atoms with Crippen LogP contribution >= 0.6 is 0 Å². The maximum Gasteiger partial charge on any atom is 0.361 e. The Morgan fingerprint density at radius 3 is 2.29 bits per heavy atom. The maximum absolute atomic E-state index is 13.0. The number of ether oxygens (including phenoxy) is 1. The fourth-order valence-electron chi connectivity index (χ4n) is 3.50. The van der Waals surface area contributed by atoms with Crippen LogP contribution in [0, 0.1) is 13.8 Å². The number of carbonyl (C=O) groups excluding carboxylic acids is 2. The van der Waals surface area contributed by atoms with Crippen LogP contribution in [0.15, 0.2) is 69.9 Å². The van der Waals surface area contributed by atoms with Gasteiger partial charge in [-0.15, -0.1) is 0 Å². The molecule has 4 rings (SSSR count). The molecule has 0 radical (unpaired) electrons. The van der Waals surface area contributed by atoms with Crippen molar-refractivity contribution in [3.63, 3.8) is 0 Å². The van der Waals surface area contributed by atoms with E-state index in [9.17, 15) is 14.4 Å². The number of aromatic nitrogens is 3. The molecule has 2 aromatic heterocycles. The van der Waals surface area contributed by atoms with Crippen LogP contribution in [0.2, 0.25) is 0 Å². The van der Waals surface area contributed by atoms with Gasteiger partial charge in [0.25, 0.3) is 11.5 Å². The third-order valence-electron chi connectivity index (χ3n) is 5.47. The summed E-state index contributed by atoms with van der Waals surface area (Å²) in [6, 6.07) is 18.2. The van der Waals surface area contributed by atoms with E-state index in [1.165, 1.54) is 11.6 Å². The van der Waals surface area contributed by atoms with Crippen molar-refractivity contribution in [1.82, 2.24) is 14.3 Å². The molecule has 0 aliphatic heterocycles. The van der Waals surface area contributed by atoms with E-state index in [-0.39, 0.29) is 23.0 Å². The van der Waals surface area contributed by atoms with Crippen LogP contribution in [0.5, 0.6) is 0 Å². The van der Waals surface area contributed by atoms with Crippen molar-refractivity contribution in [2.24, 2.45) is 7.05 Å². The van der Waals surface area contributed by atoms with E-state index < -0.39 is 23.5 Å². The number of nitrogens with one attached hydrogen (secondary N) is 1. The van der Waals surface area contributed by atoms with Gasteiger partial charge in [-0.1, -0.05) is 36.4 Å². The second kappa shape index (κ2) is 9.22. The zero-order chi connectivity index (χ0) is 24.4. The van der Waals surface area contributed by atoms with Crippen LogP contribution in [-0.2, 0) is 16.6 Å². The van der Waals surface area contributed by atoms with Gasteiger partial charge in [0.2, 0.25) is 5.89 Å². The Morgan fingerprint density at radius 1 is 1.03 bits per heavy atom. The molecule has 2 heterocycles. The van der Waals surface area contributed by atoms with Crippen molar-refractivity contribution < 1.29 is 18.7 Å². The molecule has 0 bridgehead atoms. The number of benzene rings is 2. The van der Waals surface area contributed by atoms with Gasteiger partial charge in [0, 0.05) is 12.6 Å². The first-order chi connectivity index (χ1) is 16.3. The van der Waals surface area contributed by atoms with Gasteiger partial charge in [-0.3, -0.25) is 14.3 Å². The minimum absolute atomic E-state index is 0.0131. The summed E-state index contributed by atoms with van der Waals surface area (Å²) >= 11 is 0. The van der Waals surface area contributed by atoms with E-state index in [1.54, 1.807) is 49.8 Å². The fraction of sp³-hybridized carbons (Fsp3) is 0.200. The number of carbonyl (C=O) groups is 2. The second-order valence-corrected chi connectivity index (χ2v) is 7.76. The summed E-state index contributed by atoms with van der Waals surface area (Å²) in [4.78, 5) is 42.6. The number of oxazole rings is 1. The van der Waals surface area contributed by atoms with Gasteiger partial charge in [0.15, 0.2) is 11.8 Å². The average molecular weight is 460 g/mol. The first-order valence-electron chi connectivity index (χ1n) is 10.7. The van der Waals surface area contributed by atoms with Gasteiger partial charge in [-0.05, 0) is 45.0 Å². The van der Waals surface area contributed by atoms with Crippen molar-refractivity contribution in [2.75, 3.05) is 5.32 Å². The molecule has 1 amide bonds. The predicted octanol–water partition coefficient (Wildman–Crippen LogP) is 3.63. The Balaban J connectivity index is 1.50. The standard InChI is InChI=1S/C25H24N4O5/c1-15-20(24(31)29(28(15)4)19-13-9-6-10-14-19)26-22(30)17(3)34-25(32)21-16(2)33-23(27-21)18-11-7-5-8-12-18/h5-14,17H,1-4H3,(H,26,30)/t17-/m1/s1. The van der Waals surface area contributed by atoms with Gasteiger partial charge in [0.05, 0.1) is 11.4 Å². The maximum atomic E-state index is 13.0. The van der Waals surface area contributed by atoms with Gasteiger partial charge in [0.1, 0.15) is 11.4 Å². The number of esters is 1. The number of hydrogen-bond acceptors (Lipinski definition) is 6. The number of rotatable bonds is 6. The molecule has 9 nitrogen and oxygen atoms in total. The number of amides is 1. The van der Waals surface area contributed by atoms with Crippen LogP contribution in [0.4, 0.5) is 5.69 Å². The summed E-state index contributed by atoms with van der Waals surface area (Å²) in [7, 11) is 1.72. The Kier molecular flexibility index (Phi) is 6.18. The highest BCUT2D eigenvalue weighted by molar-refractivity contribution is 5.97. The van der Waals surface area contributed by atoms with Crippen LogP contribution in [-0.4, -0.2) is 32.3 Å². The minimum Gasteiger partial charge on any atom is -0.448 e. The predicted molar refractivity (Wildman–Crippen MR) is 126 cm³/mol. The lowest BCUT2D eigenvalue weighted by atomic mass is 10.2. The number of hydrogen-bond donors (Lipinski definition) is 1. The summed E-state index contributed by atoms with van der Waals surface area (Å²) < 4.78 is 14.0. The second-order valence-electron chi connectivity index (χ2n) is 7.76. The lowest BCUT2D eigenvalue weighted by Crippen LogP contribution is -2.32. The molecule has 0 aliphatic rings. The molecule has 4 aromatic rings. The molecule has 1 N–H and O–H groups in total. The molecule has 9 heteroatoms. The first kappa shape index (κ1) is 22.8. The Labute approximate surface area is 195 Å². The number of aryl methyl sites for hydroxylation is 1. The van der Waals surface area contributed by atoms with Gasteiger partial charge >= 0.3 is 5.97 Å². The largest absolute Gasteiger partial charge is 0.448 e. The van der Waals surface area contributed by atoms with Crippen molar-refractivity contribution in [3.05, 3.63) is 88.2 Å². The molecule has 0 aliphatic carbocycles. The monoisotopic (exact) mass is 460 g/mol. The average Bonchev–Trinajstić information content (AvgIpc) is 3.33. The van der Waals surface area contributed by atoms with Crippen LogP contribution in [0.1, 0.15) is 28.9 Å². The first-order valence-corrected chi connectivity index (χ1v) is 10.7. The number of anilines is 1. The van der Waals surface area contributed by atoms with Crippen LogP contribution in [0.3, 0.4) is 0 Å². The number of nitrogens with zero attached hydrogens (tertiary/aromatic N) is 3. The van der Waals surface area contributed by atoms with E-state index in [4.69, 9.17) is 9.15 Å². The van der Waals surface area contributed by atoms with E-state index >= 15 is 0 Å². The van der Waals surface area contributed by atoms with E-state index in [2.05, 4.69) is 10.3 Å². The topological polar surface area (TPSA) is 108 Å². The van der Waals surface area contributed by atoms with Gasteiger partial charge < -0.3 is 14.5 Å². The minimum atomic E-state index is -1.17. The molecular weight excluding hydrogens is 436 g/mol. The summed E-state index contributed by atoms with van der Waals surface area (Å²) in [5, 5.41) is 2.60. The SMILES string of the molecule is Cc1oc(-c2ccccc2)nc1C(=O)O[C@H](C)C(=O)Nc1c(C)n(C)n(-c2ccccc2)c1=O. The molecule has 1 atom stereocenters.